The number of anilines is 1. The number of fused-ring (bicyclic) bond motifs is 9. The van der Waals surface area contributed by atoms with Gasteiger partial charge in [-0.3, -0.25) is 0 Å². The van der Waals surface area contributed by atoms with Crippen molar-refractivity contribution in [1.29, 1.82) is 0 Å². The molecule has 1 unspecified atom stereocenters. The van der Waals surface area contributed by atoms with E-state index in [4.69, 9.17) is 0 Å². The number of aromatic nitrogens is 2. The lowest BCUT2D eigenvalue weighted by molar-refractivity contribution is 0.754. The summed E-state index contributed by atoms with van der Waals surface area (Å²) >= 11 is 0. The van der Waals surface area contributed by atoms with Gasteiger partial charge in [0, 0.05) is 49.9 Å². The van der Waals surface area contributed by atoms with Gasteiger partial charge in [0.15, 0.2) is 0 Å². The van der Waals surface area contributed by atoms with Crippen molar-refractivity contribution in [1.82, 2.24) is 9.13 Å². The van der Waals surface area contributed by atoms with Crippen LogP contribution in [0.4, 0.5) is 5.69 Å². The first kappa shape index (κ1) is 28.5. The normalized spacial score (nSPS) is 17.0. The van der Waals surface area contributed by atoms with E-state index in [9.17, 15) is 0 Å². The minimum absolute atomic E-state index is 0.271. The van der Waals surface area contributed by atoms with E-state index in [1.165, 1.54) is 88.7 Å². The van der Waals surface area contributed by atoms with Crippen molar-refractivity contribution in [3.05, 3.63) is 187 Å². The number of nitrogens with zero attached hydrogens (tertiary/aromatic N) is 3. The van der Waals surface area contributed by atoms with Crippen LogP contribution in [0, 0.1) is 0 Å². The van der Waals surface area contributed by atoms with E-state index in [-0.39, 0.29) is 6.04 Å². The molecule has 0 saturated heterocycles. The van der Waals surface area contributed by atoms with E-state index in [0.29, 0.717) is 0 Å². The van der Waals surface area contributed by atoms with Crippen molar-refractivity contribution >= 4 is 66.1 Å². The Hall–Kier alpha value is -6.32. The topological polar surface area (TPSA) is 13.1 Å². The van der Waals surface area contributed by atoms with Crippen LogP contribution in [-0.4, -0.2) is 15.2 Å². The van der Waals surface area contributed by atoms with E-state index < -0.39 is 0 Å². The highest BCUT2D eigenvalue weighted by Crippen LogP contribution is 2.49. The van der Waals surface area contributed by atoms with Crippen LogP contribution in [0.25, 0.3) is 66.1 Å². The number of benzene rings is 6. The molecule has 2 aromatic heterocycles. The predicted molar refractivity (Wildman–Crippen MR) is 215 cm³/mol. The summed E-state index contributed by atoms with van der Waals surface area (Å²) in [7, 11) is 0. The second-order valence-electron chi connectivity index (χ2n) is 14.0. The maximum atomic E-state index is 2.64. The van der Waals surface area contributed by atoms with Crippen LogP contribution in [0.1, 0.15) is 30.4 Å². The molecule has 0 radical (unpaired) electrons. The van der Waals surface area contributed by atoms with E-state index in [2.05, 4.69) is 184 Å². The Morgan fingerprint density at radius 1 is 0.510 bits per heavy atom. The third-order valence-electron chi connectivity index (χ3n) is 11.2. The summed E-state index contributed by atoms with van der Waals surface area (Å²) in [4.78, 5) is 2.64. The van der Waals surface area contributed by atoms with Crippen molar-refractivity contribution in [2.45, 2.75) is 25.3 Å². The number of hydrogen-bond acceptors (Lipinski definition) is 1. The van der Waals surface area contributed by atoms with E-state index in [0.717, 1.165) is 19.3 Å². The standard InChI is InChI=1S/C48H35N3/c1-3-14-32(15-4-1)33-16-13-19-35(28-33)50-44-24-11-7-20-37(44)40-29-36(26-27-46(40)50)51-45-25-12-9-22-39(45)42-30-41-38-21-8-10-23-43(38)49(47(41)31-48(42)51)34-17-5-2-6-18-34/h1-12,14-18,20-26,28-31,46H,13,19,27H2. The highest BCUT2D eigenvalue weighted by Gasteiger charge is 2.37. The molecule has 11 rings (SSSR count). The molecule has 0 bridgehead atoms. The third-order valence-corrected chi connectivity index (χ3v) is 11.2. The Kier molecular flexibility index (Phi) is 6.20. The molecule has 2 aliphatic carbocycles. The van der Waals surface area contributed by atoms with E-state index in [1.54, 1.807) is 0 Å². The van der Waals surface area contributed by atoms with Crippen LogP contribution < -0.4 is 4.90 Å². The molecule has 3 heterocycles. The fraction of sp³-hybridized carbons (Fsp3) is 0.0833. The van der Waals surface area contributed by atoms with Crippen LogP contribution in [0.5, 0.6) is 0 Å². The molecule has 6 aromatic carbocycles. The van der Waals surface area contributed by atoms with Gasteiger partial charge >= 0.3 is 0 Å². The number of allylic oxidation sites excluding steroid dienone is 6. The lowest BCUT2D eigenvalue weighted by atomic mass is 9.93. The van der Waals surface area contributed by atoms with Gasteiger partial charge in [-0.05, 0) is 90.6 Å². The van der Waals surface area contributed by atoms with Crippen molar-refractivity contribution in [2.24, 2.45) is 0 Å². The molecule has 0 saturated carbocycles. The zero-order valence-corrected chi connectivity index (χ0v) is 28.2. The average Bonchev–Trinajstić information content (AvgIpc) is 3.83. The molecule has 0 fully saturated rings. The smallest absolute Gasteiger partial charge is 0.0631 e. The van der Waals surface area contributed by atoms with Gasteiger partial charge in [-0.15, -0.1) is 0 Å². The van der Waals surface area contributed by atoms with Crippen LogP contribution in [0.2, 0.25) is 0 Å². The van der Waals surface area contributed by atoms with Crippen molar-refractivity contribution in [3.8, 4) is 5.69 Å². The summed E-state index contributed by atoms with van der Waals surface area (Å²) in [5.41, 5.74) is 15.4. The largest absolute Gasteiger partial charge is 0.337 e. The average molecular weight is 654 g/mol. The van der Waals surface area contributed by atoms with E-state index >= 15 is 0 Å². The highest BCUT2D eigenvalue weighted by atomic mass is 15.2. The van der Waals surface area contributed by atoms with Gasteiger partial charge in [0.1, 0.15) is 0 Å². The Morgan fingerprint density at radius 3 is 1.94 bits per heavy atom. The Balaban J connectivity index is 1.10. The van der Waals surface area contributed by atoms with Gasteiger partial charge < -0.3 is 14.0 Å². The van der Waals surface area contributed by atoms with Crippen LogP contribution in [-0.2, 0) is 0 Å². The molecule has 0 N–H and O–H groups in total. The van der Waals surface area contributed by atoms with E-state index in [1.807, 2.05) is 0 Å². The molecule has 242 valence electrons. The minimum atomic E-state index is 0.271. The van der Waals surface area contributed by atoms with Crippen LogP contribution in [0.15, 0.2) is 176 Å². The Morgan fingerprint density at radius 2 is 1.16 bits per heavy atom. The summed E-state index contributed by atoms with van der Waals surface area (Å²) in [6.07, 6.45) is 12.8. The summed E-state index contributed by atoms with van der Waals surface area (Å²) in [6, 6.07) is 53.5. The molecule has 3 nitrogen and oxygen atoms in total. The monoisotopic (exact) mass is 653 g/mol. The Bertz CT molecular complexity index is 2820. The fourth-order valence-corrected chi connectivity index (χ4v) is 9.05. The van der Waals surface area contributed by atoms with Crippen molar-refractivity contribution < 1.29 is 0 Å². The third kappa shape index (κ3) is 4.25. The van der Waals surface area contributed by atoms with Crippen molar-refractivity contribution in [2.75, 3.05) is 4.90 Å². The molecule has 0 amide bonds. The van der Waals surface area contributed by atoms with Gasteiger partial charge in [-0.1, -0.05) is 115 Å². The molecule has 0 spiro atoms. The quantitative estimate of drug-likeness (QED) is 0.184. The molecular weight excluding hydrogens is 619 g/mol. The number of rotatable bonds is 4. The number of hydrogen-bond donors (Lipinski definition) is 0. The van der Waals surface area contributed by atoms with Crippen LogP contribution in [0.3, 0.4) is 0 Å². The second kappa shape index (κ2) is 11.1. The summed E-state index contributed by atoms with van der Waals surface area (Å²) < 4.78 is 4.94. The maximum absolute atomic E-state index is 2.64. The summed E-state index contributed by atoms with van der Waals surface area (Å²) in [5, 5.41) is 5.14. The predicted octanol–water partition coefficient (Wildman–Crippen LogP) is 12.2. The van der Waals surface area contributed by atoms with Crippen molar-refractivity contribution in [3.63, 3.8) is 0 Å². The minimum Gasteiger partial charge on any atom is -0.337 e. The molecular formula is C48H35N3. The molecule has 1 aliphatic heterocycles. The SMILES string of the molecule is C1=C(c2ccccc2)C=C(N2c3ccccc3C3=CC(n4c5ccccc5c5cc6c7ccccc7n(-c7ccccc7)c6cc54)=CCC32)CC1. The van der Waals surface area contributed by atoms with Gasteiger partial charge in [-0.25, -0.2) is 0 Å². The van der Waals surface area contributed by atoms with Gasteiger partial charge in [-0.2, -0.15) is 0 Å². The zero-order chi connectivity index (χ0) is 33.5. The summed E-state index contributed by atoms with van der Waals surface area (Å²) in [5.74, 6) is 0. The summed E-state index contributed by atoms with van der Waals surface area (Å²) in [6.45, 7) is 0. The Labute approximate surface area is 297 Å². The molecule has 1 atom stereocenters. The second-order valence-corrected chi connectivity index (χ2v) is 14.0. The zero-order valence-electron chi connectivity index (χ0n) is 28.2. The maximum Gasteiger partial charge on any atom is 0.0631 e. The van der Waals surface area contributed by atoms with Gasteiger partial charge in [0.2, 0.25) is 0 Å². The number of para-hydroxylation sites is 4. The molecule has 3 heteroatoms. The lowest BCUT2D eigenvalue weighted by Gasteiger charge is -2.33. The first-order valence-electron chi connectivity index (χ1n) is 18.1. The molecule has 3 aliphatic rings. The molecule has 8 aromatic rings. The first-order valence-corrected chi connectivity index (χ1v) is 18.1. The van der Waals surface area contributed by atoms with Crippen LogP contribution >= 0.6 is 0 Å². The van der Waals surface area contributed by atoms with Gasteiger partial charge in [0.25, 0.3) is 0 Å². The molecule has 51 heavy (non-hydrogen) atoms. The lowest BCUT2D eigenvalue weighted by Crippen LogP contribution is -2.32. The highest BCUT2D eigenvalue weighted by molar-refractivity contribution is 6.20. The van der Waals surface area contributed by atoms with Gasteiger partial charge in [0.05, 0.1) is 28.1 Å². The first-order chi connectivity index (χ1) is 25.3. The fourth-order valence-electron chi connectivity index (χ4n) is 9.05.